The van der Waals surface area contributed by atoms with Crippen LogP contribution in [0.4, 0.5) is 37.0 Å². The van der Waals surface area contributed by atoms with E-state index in [0.717, 1.165) is 30.6 Å². The molecule has 3 aromatic rings. The maximum absolute atomic E-state index is 13.6. The number of halogens is 6. The van der Waals surface area contributed by atoms with Crippen molar-refractivity contribution in [1.82, 2.24) is 9.88 Å². The van der Waals surface area contributed by atoms with Gasteiger partial charge in [0.2, 0.25) is 0 Å². The molecule has 2 aliphatic heterocycles. The fourth-order valence-corrected chi connectivity index (χ4v) is 6.56. The predicted molar refractivity (Wildman–Crippen MR) is 157 cm³/mol. The Hall–Kier alpha value is -4.49. The number of carboxylic acid groups (broad SMARTS) is 1. The molecule has 8 nitrogen and oxygen atoms in total. The highest BCUT2D eigenvalue weighted by Gasteiger charge is 2.44. The second-order valence-electron chi connectivity index (χ2n) is 12.1. The van der Waals surface area contributed by atoms with Crippen LogP contribution in [0.15, 0.2) is 42.5 Å². The molecule has 6 rings (SSSR count). The summed E-state index contributed by atoms with van der Waals surface area (Å²) < 4.78 is 92.7. The number of fused-ring (bicyclic) bond motifs is 1. The van der Waals surface area contributed by atoms with E-state index in [4.69, 9.17) is 14.5 Å². The zero-order valence-corrected chi connectivity index (χ0v) is 25.4. The minimum atomic E-state index is -5.06. The zero-order chi connectivity index (χ0) is 33.8. The first-order valence-electron chi connectivity index (χ1n) is 15.1. The smallest absolute Gasteiger partial charge is 0.416 e. The Morgan fingerprint density at radius 1 is 1.02 bits per heavy atom. The van der Waals surface area contributed by atoms with Gasteiger partial charge >= 0.3 is 24.4 Å². The summed E-state index contributed by atoms with van der Waals surface area (Å²) in [6.07, 6.45) is -10.2. The number of anilines is 1. The number of rotatable bonds is 8. The van der Waals surface area contributed by atoms with Crippen LogP contribution in [0.25, 0.3) is 11.1 Å². The molecule has 3 atom stereocenters. The molecule has 1 amide bonds. The summed E-state index contributed by atoms with van der Waals surface area (Å²) in [5.74, 6) is 0.0365. The summed E-state index contributed by atoms with van der Waals surface area (Å²) >= 11 is 0. The number of alkyl halides is 6. The molecule has 1 N–H and O–H groups in total. The number of methoxy groups -OCH3 is 1. The van der Waals surface area contributed by atoms with Gasteiger partial charge in [0, 0.05) is 24.2 Å². The number of aryl methyl sites for hydroxylation is 1. The topological polar surface area (TPSA) is 92.2 Å². The van der Waals surface area contributed by atoms with E-state index in [9.17, 15) is 41.0 Å². The Kier molecular flexibility index (Phi) is 8.25. The van der Waals surface area contributed by atoms with Crippen LogP contribution in [0.3, 0.4) is 0 Å². The molecule has 3 heterocycles. The lowest BCUT2D eigenvalue weighted by Crippen LogP contribution is -2.38. The second-order valence-corrected chi connectivity index (χ2v) is 12.1. The first-order chi connectivity index (χ1) is 22.1. The van der Waals surface area contributed by atoms with Gasteiger partial charge in [-0.1, -0.05) is 0 Å². The van der Waals surface area contributed by atoms with E-state index >= 15 is 0 Å². The number of pyridine rings is 1. The van der Waals surface area contributed by atoms with Crippen LogP contribution in [0.2, 0.25) is 0 Å². The number of hydrogen-bond acceptors (Lipinski definition) is 6. The van der Waals surface area contributed by atoms with Crippen molar-refractivity contribution in [2.24, 2.45) is 0 Å². The van der Waals surface area contributed by atoms with E-state index in [1.165, 1.54) is 18.9 Å². The van der Waals surface area contributed by atoms with Crippen molar-refractivity contribution in [2.75, 3.05) is 25.1 Å². The maximum atomic E-state index is 13.6. The normalized spacial score (nSPS) is 21.0. The molecule has 14 heteroatoms. The Balaban J connectivity index is 1.39. The van der Waals surface area contributed by atoms with Crippen molar-refractivity contribution < 1.29 is 50.5 Å². The monoisotopic (exact) mass is 663 g/mol. The number of carbonyl (C=O) groups excluding carboxylic acids is 1. The Bertz CT molecular complexity index is 1690. The Morgan fingerprint density at radius 3 is 2.28 bits per heavy atom. The number of carboxylic acids is 1. The van der Waals surface area contributed by atoms with Crippen molar-refractivity contribution in [1.29, 1.82) is 0 Å². The number of aromatic nitrogens is 1. The first kappa shape index (κ1) is 32.5. The summed E-state index contributed by atoms with van der Waals surface area (Å²) in [7, 11) is 1.51. The molecule has 0 radical (unpaired) electrons. The minimum Gasteiger partial charge on any atom is -0.496 e. The van der Waals surface area contributed by atoms with Crippen molar-refractivity contribution in [2.45, 2.75) is 69.6 Å². The molecular formula is C33H31F6N3O5. The molecule has 2 fully saturated rings. The number of nitrogens with zero attached hydrogens (tertiary/aromatic N) is 3. The van der Waals surface area contributed by atoms with Crippen molar-refractivity contribution in [3.05, 3.63) is 76.0 Å². The molecule has 3 aliphatic rings. The van der Waals surface area contributed by atoms with E-state index in [0.29, 0.717) is 53.4 Å². The quantitative estimate of drug-likeness (QED) is 0.248. The SMILES string of the molecule is COc1cc2c(cc1-c1ccc(N3CCC3)nc1CN1C(=O)O[C@H](c3cc(C(F)(F)F)cc(C(F)(F)F)c3)[C@@H]1C)C(CC(=O)O)CC2. The van der Waals surface area contributed by atoms with E-state index < -0.39 is 53.3 Å². The molecule has 0 spiro atoms. The third-order valence-corrected chi connectivity index (χ3v) is 9.16. The van der Waals surface area contributed by atoms with Crippen molar-refractivity contribution >= 4 is 17.9 Å². The van der Waals surface area contributed by atoms with Gasteiger partial charge in [-0.15, -0.1) is 0 Å². The zero-order valence-electron chi connectivity index (χ0n) is 25.4. The van der Waals surface area contributed by atoms with Crippen LogP contribution in [0.1, 0.15) is 71.7 Å². The third kappa shape index (κ3) is 6.29. The van der Waals surface area contributed by atoms with Crippen LogP contribution >= 0.6 is 0 Å². The molecule has 47 heavy (non-hydrogen) atoms. The number of benzene rings is 2. The van der Waals surface area contributed by atoms with Gasteiger partial charge in [0.25, 0.3) is 0 Å². The average molecular weight is 664 g/mol. The van der Waals surface area contributed by atoms with Crippen LogP contribution in [0, 0.1) is 0 Å². The minimum absolute atomic E-state index is 0.0329. The summed E-state index contributed by atoms with van der Waals surface area (Å²) in [4.78, 5) is 32.9. The maximum Gasteiger partial charge on any atom is 0.416 e. The standard InChI is InChI=1S/C33H31F6N3O5/c1-17-30(20-10-21(32(34,35)36)14-22(11-20)33(37,38)39)47-31(45)42(17)16-26-23(6-7-28(40-26)41-8-3-9-41)25-15-24-18(12-27(25)46-2)4-5-19(24)13-29(43)44/h6-7,10-12,14-15,17,19,30H,3-5,8-9,13,16H2,1-2H3,(H,43,44)/t17-,19?,30-/m0/s1. The van der Waals surface area contributed by atoms with E-state index in [2.05, 4.69) is 0 Å². The molecular weight excluding hydrogens is 632 g/mol. The van der Waals surface area contributed by atoms with Gasteiger partial charge in [0.1, 0.15) is 17.7 Å². The summed E-state index contributed by atoms with van der Waals surface area (Å²) in [5.41, 5.74) is 0.0258. The lowest BCUT2D eigenvalue weighted by Gasteiger charge is -2.33. The largest absolute Gasteiger partial charge is 0.496 e. The number of ether oxygens (including phenoxy) is 2. The molecule has 2 aromatic carbocycles. The number of hydrogen-bond donors (Lipinski definition) is 1. The van der Waals surface area contributed by atoms with Gasteiger partial charge in [0.05, 0.1) is 42.9 Å². The van der Waals surface area contributed by atoms with E-state index in [1.54, 1.807) is 0 Å². The summed E-state index contributed by atoms with van der Waals surface area (Å²) in [6.45, 7) is 2.87. The lowest BCUT2D eigenvalue weighted by atomic mass is 9.92. The molecule has 250 valence electrons. The van der Waals surface area contributed by atoms with Gasteiger partial charge in [0.15, 0.2) is 0 Å². The van der Waals surface area contributed by atoms with Gasteiger partial charge in [-0.05, 0) is 91.3 Å². The van der Waals surface area contributed by atoms with Crippen LogP contribution in [0.5, 0.6) is 5.75 Å². The van der Waals surface area contributed by atoms with Crippen molar-refractivity contribution in [3.63, 3.8) is 0 Å². The van der Waals surface area contributed by atoms with Crippen LogP contribution in [-0.4, -0.2) is 53.3 Å². The number of amides is 1. The highest BCUT2D eigenvalue weighted by Crippen LogP contribution is 2.45. The lowest BCUT2D eigenvalue weighted by molar-refractivity contribution is -0.143. The van der Waals surface area contributed by atoms with E-state index in [1.807, 2.05) is 29.2 Å². The summed E-state index contributed by atoms with van der Waals surface area (Å²) in [5, 5.41) is 9.46. The fourth-order valence-electron chi connectivity index (χ4n) is 6.56. The van der Waals surface area contributed by atoms with Gasteiger partial charge < -0.3 is 19.5 Å². The number of aliphatic carboxylic acids is 1. The molecule has 0 bridgehead atoms. The third-order valence-electron chi connectivity index (χ3n) is 9.16. The van der Waals surface area contributed by atoms with Crippen LogP contribution in [-0.2, 0) is 34.8 Å². The predicted octanol–water partition coefficient (Wildman–Crippen LogP) is 7.59. The van der Waals surface area contributed by atoms with Gasteiger partial charge in [-0.3, -0.25) is 9.69 Å². The highest BCUT2D eigenvalue weighted by molar-refractivity contribution is 5.77. The Morgan fingerprint density at radius 2 is 1.70 bits per heavy atom. The molecule has 1 aliphatic carbocycles. The molecule has 1 aromatic heterocycles. The fraction of sp³-hybridized carbons (Fsp3) is 0.424. The number of cyclic esters (lactones) is 1. The van der Waals surface area contributed by atoms with Crippen molar-refractivity contribution in [3.8, 4) is 16.9 Å². The molecule has 0 saturated carbocycles. The Labute approximate surface area is 265 Å². The first-order valence-corrected chi connectivity index (χ1v) is 15.1. The second kappa shape index (κ2) is 11.9. The van der Waals surface area contributed by atoms with Gasteiger partial charge in [-0.2, -0.15) is 26.3 Å². The molecule has 2 saturated heterocycles. The van der Waals surface area contributed by atoms with Crippen LogP contribution < -0.4 is 9.64 Å². The van der Waals surface area contributed by atoms with E-state index in [-0.39, 0.29) is 24.9 Å². The molecule has 1 unspecified atom stereocenters. The highest BCUT2D eigenvalue weighted by atomic mass is 19.4. The summed E-state index contributed by atoms with van der Waals surface area (Å²) in [6, 6.07) is 7.63. The van der Waals surface area contributed by atoms with Gasteiger partial charge in [-0.25, -0.2) is 9.78 Å². The average Bonchev–Trinajstić information content (AvgIpc) is 3.49. The number of carbonyl (C=O) groups is 2.